The minimum Gasteiger partial charge on any atom is -0.304 e. The fourth-order valence-corrected chi connectivity index (χ4v) is 2.05. The third-order valence-electron chi connectivity index (χ3n) is 2.49. The van der Waals surface area contributed by atoms with Crippen LogP contribution in [0, 0.1) is 11.6 Å². The first-order chi connectivity index (χ1) is 8.16. The van der Waals surface area contributed by atoms with Gasteiger partial charge in [-0.25, -0.2) is 13.8 Å². The second kappa shape index (κ2) is 5.33. The summed E-state index contributed by atoms with van der Waals surface area (Å²) in [6.45, 7) is 2.53. The van der Waals surface area contributed by atoms with Gasteiger partial charge in [-0.2, -0.15) is 0 Å². The number of halogens is 2. The molecule has 0 saturated carbocycles. The molecule has 0 spiro atoms. The average Bonchev–Trinajstić information content (AvgIpc) is 2.82. The quantitative estimate of drug-likeness (QED) is 0.905. The van der Waals surface area contributed by atoms with Crippen molar-refractivity contribution in [2.45, 2.75) is 19.5 Å². The largest absolute Gasteiger partial charge is 0.304 e. The molecule has 0 amide bonds. The van der Waals surface area contributed by atoms with Crippen LogP contribution >= 0.6 is 11.3 Å². The molecule has 1 atom stereocenters. The van der Waals surface area contributed by atoms with Gasteiger partial charge in [-0.05, 0) is 24.6 Å². The number of benzene rings is 1. The Morgan fingerprint density at radius 3 is 2.82 bits per heavy atom. The first-order valence-corrected chi connectivity index (χ1v) is 6.11. The van der Waals surface area contributed by atoms with Gasteiger partial charge in [0.25, 0.3) is 0 Å². The Balaban J connectivity index is 1.99. The van der Waals surface area contributed by atoms with Gasteiger partial charge in [-0.15, -0.1) is 11.3 Å². The van der Waals surface area contributed by atoms with E-state index >= 15 is 0 Å². The molecule has 90 valence electrons. The van der Waals surface area contributed by atoms with E-state index in [1.807, 2.05) is 12.3 Å². The lowest BCUT2D eigenvalue weighted by atomic mass is 10.1. The predicted octanol–water partition coefficient (Wildman–Crippen LogP) is 3.27. The molecule has 0 saturated heterocycles. The normalized spacial score (nSPS) is 12.6. The first kappa shape index (κ1) is 12.1. The van der Waals surface area contributed by atoms with Crippen LogP contribution in [0.1, 0.15) is 23.5 Å². The van der Waals surface area contributed by atoms with Crippen molar-refractivity contribution >= 4 is 11.3 Å². The highest BCUT2D eigenvalue weighted by Crippen LogP contribution is 2.16. The van der Waals surface area contributed by atoms with Crippen LogP contribution in [0.2, 0.25) is 0 Å². The molecular formula is C12H12F2N2S. The van der Waals surface area contributed by atoms with Crippen molar-refractivity contribution in [3.8, 4) is 0 Å². The lowest BCUT2D eigenvalue weighted by Crippen LogP contribution is -2.18. The molecule has 0 aliphatic rings. The van der Waals surface area contributed by atoms with Gasteiger partial charge in [-0.1, -0.05) is 6.07 Å². The molecule has 1 aromatic carbocycles. The summed E-state index contributed by atoms with van der Waals surface area (Å²) in [7, 11) is 0. The van der Waals surface area contributed by atoms with Crippen molar-refractivity contribution in [1.29, 1.82) is 0 Å². The number of rotatable bonds is 4. The third-order valence-corrected chi connectivity index (χ3v) is 3.27. The highest BCUT2D eigenvalue weighted by molar-refractivity contribution is 7.09. The van der Waals surface area contributed by atoms with Crippen molar-refractivity contribution < 1.29 is 8.78 Å². The zero-order chi connectivity index (χ0) is 12.3. The van der Waals surface area contributed by atoms with Crippen molar-refractivity contribution in [1.82, 2.24) is 10.3 Å². The second-order valence-electron chi connectivity index (χ2n) is 3.70. The molecule has 0 radical (unpaired) electrons. The van der Waals surface area contributed by atoms with E-state index in [1.54, 1.807) is 23.6 Å². The van der Waals surface area contributed by atoms with Crippen LogP contribution in [0.25, 0.3) is 0 Å². The van der Waals surface area contributed by atoms with Gasteiger partial charge in [0, 0.05) is 24.2 Å². The standard InChI is InChI=1S/C12H12F2N2S/c1-8(16-7-12-15-4-5-17-12)9-2-3-10(13)11(14)6-9/h2-6,8,16H,7H2,1H3. The minimum atomic E-state index is -0.819. The average molecular weight is 254 g/mol. The van der Waals surface area contributed by atoms with Gasteiger partial charge < -0.3 is 5.32 Å². The highest BCUT2D eigenvalue weighted by atomic mass is 32.1. The summed E-state index contributed by atoms with van der Waals surface area (Å²) in [4.78, 5) is 4.14. The molecule has 5 heteroatoms. The molecule has 0 aliphatic heterocycles. The van der Waals surface area contributed by atoms with Crippen LogP contribution < -0.4 is 5.32 Å². The van der Waals surface area contributed by atoms with Crippen LogP contribution in [0.5, 0.6) is 0 Å². The van der Waals surface area contributed by atoms with Gasteiger partial charge in [0.05, 0.1) is 0 Å². The summed E-state index contributed by atoms with van der Waals surface area (Å²) >= 11 is 1.56. The van der Waals surface area contributed by atoms with Crippen LogP contribution in [0.15, 0.2) is 29.8 Å². The first-order valence-electron chi connectivity index (χ1n) is 5.23. The van der Waals surface area contributed by atoms with E-state index in [2.05, 4.69) is 10.3 Å². The van der Waals surface area contributed by atoms with E-state index in [1.165, 1.54) is 6.07 Å². The number of nitrogens with one attached hydrogen (secondary N) is 1. The Morgan fingerprint density at radius 1 is 1.35 bits per heavy atom. The summed E-state index contributed by atoms with van der Waals surface area (Å²) in [6.07, 6.45) is 1.74. The van der Waals surface area contributed by atoms with Crippen molar-refractivity contribution in [3.63, 3.8) is 0 Å². The molecule has 1 N–H and O–H groups in total. The smallest absolute Gasteiger partial charge is 0.159 e. The maximum absolute atomic E-state index is 13.0. The van der Waals surface area contributed by atoms with Crippen molar-refractivity contribution in [2.24, 2.45) is 0 Å². The molecule has 1 aromatic heterocycles. The molecule has 0 fully saturated rings. The lowest BCUT2D eigenvalue weighted by Gasteiger charge is -2.13. The van der Waals surface area contributed by atoms with Crippen LogP contribution in [-0.2, 0) is 6.54 Å². The van der Waals surface area contributed by atoms with E-state index < -0.39 is 11.6 Å². The minimum absolute atomic E-state index is 0.0472. The lowest BCUT2D eigenvalue weighted by molar-refractivity contribution is 0.500. The fraction of sp³-hybridized carbons (Fsp3) is 0.250. The van der Waals surface area contributed by atoms with Crippen LogP contribution in [0.4, 0.5) is 8.78 Å². The van der Waals surface area contributed by atoms with Crippen LogP contribution in [-0.4, -0.2) is 4.98 Å². The number of nitrogens with zero attached hydrogens (tertiary/aromatic N) is 1. The highest BCUT2D eigenvalue weighted by Gasteiger charge is 2.09. The molecule has 2 rings (SSSR count). The van der Waals surface area contributed by atoms with E-state index in [0.717, 1.165) is 16.6 Å². The number of aromatic nitrogens is 1. The van der Waals surface area contributed by atoms with E-state index in [4.69, 9.17) is 0 Å². The Bertz CT molecular complexity index is 485. The van der Waals surface area contributed by atoms with Gasteiger partial charge in [0.2, 0.25) is 0 Å². The Labute approximate surface area is 102 Å². The predicted molar refractivity (Wildman–Crippen MR) is 63.7 cm³/mol. The third kappa shape index (κ3) is 3.08. The van der Waals surface area contributed by atoms with E-state index in [0.29, 0.717) is 6.54 Å². The van der Waals surface area contributed by atoms with Gasteiger partial charge in [-0.3, -0.25) is 0 Å². The molecular weight excluding hydrogens is 242 g/mol. The van der Waals surface area contributed by atoms with Crippen molar-refractivity contribution in [2.75, 3.05) is 0 Å². The van der Waals surface area contributed by atoms with Crippen LogP contribution in [0.3, 0.4) is 0 Å². The molecule has 1 unspecified atom stereocenters. The summed E-state index contributed by atoms with van der Waals surface area (Å²) in [5.41, 5.74) is 0.723. The Hall–Kier alpha value is -1.33. The SMILES string of the molecule is CC(NCc1nccs1)c1ccc(F)c(F)c1. The maximum Gasteiger partial charge on any atom is 0.159 e. The zero-order valence-corrected chi connectivity index (χ0v) is 10.1. The van der Waals surface area contributed by atoms with E-state index in [-0.39, 0.29) is 6.04 Å². The second-order valence-corrected chi connectivity index (χ2v) is 4.68. The molecule has 2 aromatic rings. The fourth-order valence-electron chi connectivity index (χ4n) is 1.48. The van der Waals surface area contributed by atoms with E-state index in [9.17, 15) is 8.78 Å². The Morgan fingerprint density at radius 2 is 2.18 bits per heavy atom. The zero-order valence-electron chi connectivity index (χ0n) is 9.28. The Kier molecular flexibility index (Phi) is 3.81. The molecule has 0 aliphatic carbocycles. The van der Waals surface area contributed by atoms with Gasteiger partial charge in [0.1, 0.15) is 5.01 Å². The number of hydrogen-bond acceptors (Lipinski definition) is 3. The van der Waals surface area contributed by atoms with Gasteiger partial charge in [0.15, 0.2) is 11.6 Å². The summed E-state index contributed by atoms with van der Waals surface area (Å²) < 4.78 is 25.8. The van der Waals surface area contributed by atoms with Gasteiger partial charge >= 0.3 is 0 Å². The maximum atomic E-state index is 13.0. The summed E-state index contributed by atoms with van der Waals surface area (Å²) in [5.74, 6) is -1.63. The monoisotopic (exact) mass is 254 g/mol. The molecule has 1 heterocycles. The molecule has 2 nitrogen and oxygen atoms in total. The number of thiazole rings is 1. The summed E-state index contributed by atoms with van der Waals surface area (Å²) in [6, 6.07) is 3.90. The molecule has 0 bridgehead atoms. The topological polar surface area (TPSA) is 24.9 Å². The number of hydrogen-bond donors (Lipinski definition) is 1. The summed E-state index contributed by atoms with van der Waals surface area (Å²) in [5, 5.41) is 6.08. The van der Waals surface area contributed by atoms with Crippen molar-refractivity contribution in [3.05, 3.63) is 52.0 Å². The molecule has 17 heavy (non-hydrogen) atoms.